The van der Waals surface area contributed by atoms with Crippen LogP contribution in [0.15, 0.2) is 63.9 Å². The molecule has 2 aromatic heterocycles. The topological polar surface area (TPSA) is 101 Å². The molecule has 0 aliphatic heterocycles. The lowest BCUT2D eigenvalue weighted by molar-refractivity contribution is -0.303. The highest BCUT2D eigenvalue weighted by Gasteiger charge is 2.36. The van der Waals surface area contributed by atoms with Crippen molar-refractivity contribution in [1.82, 2.24) is 18.7 Å². The number of ether oxygens (including phenoxy) is 2. The number of alkyl halides is 3. The van der Waals surface area contributed by atoms with Crippen LogP contribution in [0.1, 0.15) is 25.8 Å². The van der Waals surface area contributed by atoms with Gasteiger partial charge in [-0.3, -0.25) is 13.9 Å². The van der Waals surface area contributed by atoms with Crippen molar-refractivity contribution in [3.8, 4) is 6.01 Å². The Morgan fingerprint density at radius 1 is 1.21 bits per heavy atom. The molecule has 0 bridgehead atoms. The molecule has 202 valence electrons. The lowest BCUT2D eigenvalue weighted by Gasteiger charge is -2.29. The van der Waals surface area contributed by atoms with E-state index in [0.717, 1.165) is 10.1 Å². The number of hydrogen-bond acceptors (Lipinski definition) is 6. The van der Waals surface area contributed by atoms with Gasteiger partial charge in [0.2, 0.25) is 0 Å². The van der Waals surface area contributed by atoms with Crippen molar-refractivity contribution >= 4 is 29.0 Å². The molecule has 0 spiro atoms. The summed E-state index contributed by atoms with van der Waals surface area (Å²) in [4.78, 5) is 31.0. The second kappa shape index (κ2) is 10.5. The Morgan fingerprint density at radius 2 is 1.92 bits per heavy atom. The van der Waals surface area contributed by atoms with Crippen molar-refractivity contribution in [2.45, 2.75) is 45.3 Å². The van der Waals surface area contributed by atoms with E-state index in [1.807, 2.05) is 0 Å². The van der Waals surface area contributed by atoms with E-state index in [0.29, 0.717) is 5.02 Å². The Hall–Kier alpha value is -3.77. The molecule has 13 heteroatoms. The van der Waals surface area contributed by atoms with Crippen LogP contribution in [-0.2, 0) is 17.8 Å². The summed E-state index contributed by atoms with van der Waals surface area (Å²) in [6.45, 7) is 3.09. The molecule has 1 aromatic carbocycles. The quantitative estimate of drug-likeness (QED) is 0.452. The predicted octanol–water partition coefficient (Wildman–Crippen LogP) is 4.06. The molecule has 4 rings (SSSR count). The van der Waals surface area contributed by atoms with Gasteiger partial charge in [0, 0.05) is 30.3 Å². The fourth-order valence-corrected chi connectivity index (χ4v) is 4.23. The molecule has 1 aliphatic rings. The minimum Gasteiger partial charge on any atom is -0.454 e. The van der Waals surface area contributed by atoms with Crippen LogP contribution in [0.25, 0.3) is 17.4 Å². The van der Waals surface area contributed by atoms with Crippen molar-refractivity contribution < 1.29 is 27.8 Å². The van der Waals surface area contributed by atoms with Crippen LogP contribution in [0.3, 0.4) is 0 Å². The third-order valence-corrected chi connectivity index (χ3v) is 6.02. The number of halogens is 4. The van der Waals surface area contributed by atoms with Gasteiger partial charge >= 0.3 is 12.1 Å². The van der Waals surface area contributed by atoms with Crippen LogP contribution in [0, 0.1) is 0 Å². The van der Waals surface area contributed by atoms with Gasteiger partial charge in [0.05, 0.1) is 13.2 Å². The van der Waals surface area contributed by atoms with Gasteiger partial charge in [-0.1, -0.05) is 29.8 Å². The maximum Gasteiger partial charge on any atom is 0.573 e. The van der Waals surface area contributed by atoms with Crippen molar-refractivity contribution in [3.05, 3.63) is 85.8 Å². The molecule has 0 saturated carbocycles. The third kappa shape index (κ3) is 5.70. The Morgan fingerprint density at radius 3 is 2.55 bits per heavy atom. The van der Waals surface area contributed by atoms with E-state index >= 15 is 0 Å². The van der Waals surface area contributed by atoms with E-state index in [4.69, 9.17) is 16.3 Å². The summed E-state index contributed by atoms with van der Waals surface area (Å²) in [5, 5.41) is 9.68. The van der Waals surface area contributed by atoms with Gasteiger partial charge in [-0.2, -0.15) is 4.98 Å². The van der Waals surface area contributed by atoms with E-state index in [2.05, 4.69) is 9.72 Å². The number of aromatic nitrogens is 4. The number of aryl methyl sites for hydroxylation is 1. The van der Waals surface area contributed by atoms with Gasteiger partial charge in [-0.15, -0.1) is 13.2 Å². The zero-order valence-corrected chi connectivity index (χ0v) is 21.2. The van der Waals surface area contributed by atoms with Gasteiger partial charge in [-0.25, -0.2) is 9.36 Å². The van der Waals surface area contributed by atoms with E-state index < -0.39 is 35.6 Å². The Labute approximate surface area is 219 Å². The Bertz CT molecular complexity index is 1550. The molecule has 1 aliphatic carbocycles. The van der Waals surface area contributed by atoms with E-state index in [1.165, 1.54) is 39.6 Å². The van der Waals surface area contributed by atoms with Crippen LogP contribution >= 0.6 is 11.6 Å². The first-order valence-corrected chi connectivity index (χ1v) is 11.9. The highest BCUT2D eigenvalue weighted by Crippen LogP contribution is 2.32. The zero-order valence-electron chi connectivity index (χ0n) is 20.4. The van der Waals surface area contributed by atoms with E-state index in [9.17, 15) is 27.9 Å². The predicted molar refractivity (Wildman–Crippen MR) is 135 cm³/mol. The number of allylic oxidation sites excluding steroid dienone is 1. The summed E-state index contributed by atoms with van der Waals surface area (Å²) < 4.78 is 52.3. The number of benzene rings is 1. The summed E-state index contributed by atoms with van der Waals surface area (Å²) >= 11 is 6.01. The van der Waals surface area contributed by atoms with Crippen LogP contribution in [0.2, 0.25) is 5.02 Å². The minimum absolute atomic E-state index is 0.0321. The first-order valence-electron chi connectivity index (χ1n) is 11.6. The second-order valence-corrected chi connectivity index (χ2v) is 9.10. The number of rotatable bonds is 8. The van der Waals surface area contributed by atoms with E-state index in [-0.39, 0.29) is 36.7 Å². The summed E-state index contributed by atoms with van der Waals surface area (Å²) in [6.07, 6.45) is 1.56. The molecule has 0 fully saturated rings. The maximum atomic E-state index is 13.5. The number of nitrogens with zero attached hydrogens (tertiary/aromatic N) is 4. The number of imidazole rings is 1. The highest BCUT2D eigenvalue weighted by molar-refractivity contribution is 6.30. The van der Waals surface area contributed by atoms with Gasteiger partial charge in [0.15, 0.2) is 11.2 Å². The fraction of sp³-hybridized carbons (Fsp3) is 0.320. The fourth-order valence-electron chi connectivity index (χ4n) is 4.10. The van der Waals surface area contributed by atoms with Crippen LogP contribution in [0.5, 0.6) is 6.01 Å². The molecule has 2 heterocycles. The summed E-state index contributed by atoms with van der Waals surface area (Å²) in [6, 6.07) is 6.71. The normalized spacial score (nSPS) is 17.8. The number of aliphatic hydroxyl groups excluding tert-OH is 1. The van der Waals surface area contributed by atoms with Gasteiger partial charge in [0.25, 0.3) is 11.6 Å². The second-order valence-electron chi connectivity index (χ2n) is 8.66. The molecule has 38 heavy (non-hydrogen) atoms. The molecule has 3 aromatic rings. The molecule has 0 saturated heterocycles. The van der Waals surface area contributed by atoms with Gasteiger partial charge in [0.1, 0.15) is 11.4 Å². The highest BCUT2D eigenvalue weighted by atomic mass is 35.5. The SMILES string of the molecule is CCn1c(=O)n(/C=C/CO)c(=O)c2c1nc(OC1(C)C=C(OC(F)(F)F)C=CC1)n2Cc1ccc(Cl)cc1. The van der Waals surface area contributed by atoms with Gasteiger partial charge in [-0.05, 0) is 43.7 Å². The number of hydrogen-bond donors (Lipinski definition) is 1. The molecular formula is C25H24ClF3N4O5. The molecule has 0 amide bonds. The van der Waals surface area contributed by atoms with Crippen molar-refractivity contribution in [1.29, 1.82) is 0 Å². The molecule has 0 radical (unpaired) electrons. The van der Waals surface area contributed by atoms with Crippen molar-refractivity contribution in [2.75, 3.05) is 6.61 Å². The average Bonchev–Trinajstić information content (AvgIpc) is 3.16. The third-order valence-electron chi connectivity index (χ3n) is 5.77. The summed E-state index contributed by atoms with van der Waals surface area (Å²) in [5.74, 6) is -0.450. The first-order chi connectivity index (χ1) is 17.9. The molecular weight excluding hydrogens is 529 g/mol. The minimum atomic E-state index is -4.89. The molecule has 9 nitrogen and oxygen atoms in total. The first kappa shape index (κ1) is 27.3. The van der Waals surface area contributed by atoms with Gasteiger partial charge < -0.3 is 14.6 Å². The monoisotopic (exact) mass is 552 g/mol. The van der Waals surface area contributed by atoms with Crippen LogP contribution in [0.4, 0.5) is 13.2 Å². The summed E-state index contributed by atoms with van der Waals surface area (Å²) in [5.41, 5.74) is -1.90. The molecule has 1 atom stereocenters. The lowest BCUT2D eigenvalue weighted by Crippen LogP contribution is -2.38. The summed E-state index contributed by atoms with van der Waals surface area (Å²) in [7, 11) is 0. The maximum absolute atomic E-state index is 13.5. The van der Waals surface area contributed by atoms with E-state index in [1.54, 1.807) is 38.1 Å². The van der Waals surface area contributed by atoms with Crippen LogP contribution in [-0.4, -0.2) is 42.4 Å². The molecule has 1 N–H and O–H groups in total. The van der Waals surface area contributed by atoms with Crippen molar-refractivity contribution in [3.63, 3.8) is 0 Å². The Balaban J connectivity index is 1.92. The number of fused-ring (bicyclic) bond motifs is 1. The largest absolute Gasteiger partial charge is 0.573 e. The lowest BCUT2D eigenvalue weighted by atomic mass is 9.97. The Kier molecular flexibility index (Phi) is 7.56. The molecule has 1 unspecified atom stereocenters. The van der Waals surface area contributed by atoms with Crippen LogP contribution < -0.4 is 16.0 Å². The standard InChI is InChI=1S/C25H24ClF3N4O5/c1-3-31-20-19(21(35)32(23(31)36)12-5-13-34)33(15-16-7-9-17(26)10-8-16)22(30-20)38-24(2)11-4-6-18(14-24)37-25(27,28)29/h4-10,12,14,34H,3,11,13,15H2,1-2H3/b12-5+. The van der Waals surface area contributed by atoms with Crippen molar-refractivity contribution in [2.24, 2.45) is 0 Å². The average molecular weight is 553 g/mol. The number of aliphatic hydroxyl groups is 1. The smallest absolute Gasteiger partial charge is 0.454 e. The zero-order chi connectivity index (χ0) is 27.7.